The lowest BCUT2D eigenvalue weighted by atomic mass is 10.1. The van der Waals surface area contributed by atoms with Gasteiger partial charge in [-0.25, -0.2) is 4.98 Å². The molecule has 0 bridgehead atoms. The molecule has 2 aromatic carbocycles. The Hall–Kier alpha value is -2.92. The monoisotopic (exact) mass is 334 g/mol. The zero-order valence-corrected chi connectivity index (χ0v) is 14.5. The van der Waals surface area contributed by atoms with Crippen LogP contribution in [0.5, 0.6) is 0 Å². The summed E-state index contributed by atoms with van der Waals surface area (Å²) in [6.07, 6.45) is 3.24. The molecule has 0 aliphatic heterocycles. The second-order valence-electron chi connectivity index (χ2n) is 6.22. The smallest absolute Gasteiger partial charge is 0.270 e. The Morgan fingerprint density at radius 1 is 1.04 bits per heavy atom. The molecule has 0 aliphatic rings. The molecule has 5 nitrogen and oxygen atoms in total. The lowest BCUT2D eigenvalue weighted by Gasteiger charge is -2.11. The summed E-state index contributed by atoms with van der Waals surface area (Å²) in [5, 5.41) is 2.96. The van der Waals surface area contributed by atoms with Crippen LogP contribution in [-0.2, 0) is 13.1 Å². The number of benzene rings is 2. The van der Waals surface area contributed by atoms with Crippen molar-refractivity contribution in [3.05, 3.63) is 83.9 Å². The van der Waals surface area contributed by atoms with E-state index in [0.29, 0.717) is 12.2 Å². The van der Waals surface area contributed by atoms with Gasteiger partial charge in [-0.2, -0.15) is 0 Å². The summed E-state index contributed by atoms with van der Waals surface area (Å²) in [6, 6.07) is 18.0. The summed E-state index contributed by atoms with van der Waals surface area (Å²) in [4.78, 5) is 18.7. The van der Waals surface area contributed by atoms with E-state index in [1.165, 1.54) is 5.56 Å². The minimum Gasteiger partial charge on any atom is -0.347 e. The molecule has 3 aromatic rings. The molecule has 0 fully saturated rings. The van der Waals surface area contributed by atoms with Crippen LogP contribution in [-0.4, -0.2) is 34.5 Å². The van der Waals surface area contributed by atoms with Gasteiger partial charge >= 0.3 is 0 Å². The number of aromatic nitrogens is 2. The van der Waals surface area contributed by atoms with Crippen LogP contribution < -0.4 is 5.32 Å². The van der Waals surface area contributed by atoms with Crippen molar-refractivity contribution in [1.82, 2.24) is 19.8 Å². The van der Waals surface area contributed by atoms with Crippen LogP contribution in [0.2, 0.25) is 0 Å². The molecular formula is C20H22N4O. The molecule has 0 atom stereocenters. The zero-order chi connectivity index (χ0) is 17.6. The van der Waals surface area contributed by atoms with Gasteiger partial charge in [0.2, 0.25) is 0 Å². The Kier molecular flexibility index (Phi) is 5.26. The highest BCUT2D eigenvalue weighted by Crippen LogP contribution is 2.11. The standard InChI is InChI=1S/C20H22N4O/c1-23(2)14-17-10-8-16(9-11-17)12-22-20(25)19-13-21-15-24(19)18-6-4-3-5-7-18/h3-11,13,15H,12,14H2,1-2H3,(H,22,25). The SMILES string of the molecule is CN(C)Cc1ccc(CNC(=O)c2cncn2-c2ccccc2)cc1. The zero-order valence-electron chi connectivity index (χ0n) is 14.5. The minimum absolute atomic E-state index is 0.140. The number of carbonyl (C=O) groups excluding carboxylic acids is 1. The average Bonchev–Trinajstić information content (AvgIpc) is 3.11. The highest BCUT2D eigenvalue weighted by Gasteiger charge is 2.12. The molecule has 25 heavy (non-hydrogen) atoms. The Morgan fingerprint density at radius 2 is 1.72 bits per heavy atom. The Bertz CT molecular complexity index is 822. The van der Waals surface area contributed by atoms with Gasteiger partial charge in [0, 0.05) is 18.8 Å². The van der Waals surface area contributed by atoms with Crippen molar-refractivity contribution in [2.45, 2.75) is 13.1 Å². The molecule has 0 saturated heterocycles. The van der Waals surface area contributed by atoms with Crippen molar-refractivity contribution < 1.29 is 4.79 Å². The lowest BCUT2D eigenvalue weighted by Crippen LogP contribution is -2.25. The maximum absolute atomic E-state index is 12.5. The third-order valence-electron chi connectivity index (χ3n) is 3.88. The summed E-state index contributed by atoms with van der Waals surface area (Å²) in [5.41, 5.74) is 3.76. The van der Waals surface area contributed by atoms with Crippen LogP contribution in [0.25, 0.3) is 5.69 Å². The van der Waals surface area contributed by atoms with E-state index in [1.807, 2.05) is 56.6 Å². The molecule has 1 N–H and O–H groups in total. The fraction of sp³-hybridized carbons (Fsp3) is 0.200. The van der Waals surface area contributed by atoms with E-state index in [0.717, 1.165) is 17.8 Å². The molecular weight excluding hydrogens is 312 g/mol. The first-order chi connectivity index (χ1) is 12.1. The molecule has 5 heteroatoms. The van der Waals surface area contributed by atoms with Crippen molar-refractivity contribution in [2.24, 2.45) is 0 Å². The Labute approximate surface area is 147 Å². The number of hydrogen-bond acceptors (Lipinski definition) is 3. The predicted molar refractivity (Wildman–Crippen MR) is 98.6 cm³/mol. The normalized spacial score (nSPS) is 10.8. The number of rotatable bonds is 6. The van der Waals surface area contributed by atoms with Gasteiger partial charge in [0.15, 0.2) is 0 Å². The van der Waals surface area contributed by atoms with E-state index in [4.69, 9.17) is 0 Å². The molecule has 0 saturated carbocycles. The number of hydrogen-bond donors (Lipinski definition) is 1. The van der Waals surface area contributed by atoms with Crippen LogP contribution in [0.1, 0.15) is 21.6 Å². The van der Waals surface area contributed by atoms with Crippen LogP contribution in [0, 0.1) is 0 Å². The van der Waals surface area contributed by atoms with Gasteiger partial charge in [0.05, 0.1) is 12.5 Å². The van der Waals surface area contributed by atoms with E-state index in [9.17, 15) is 4.79 Å². The first kappa shape index (κ1) is 16.9. The van der Waals surface area contributed by atoms with Crippen molar-refractivity contribution >= 4 is 5.91 Å². The largest absolute Gasteiger partial charge is 0.347 e. The molecule has 1 heterocycles. The Balaban J connectivity index is 1.65. The number of nitrogens with one attached hydrogen (secondary N) is 1. The number of nitrogens with zero attached hydrogens (tertiary/aromatic N) is 3. The van der Waals surface area contributed by atoms with Crippen LogP contribution in [0.3, 0.4) is 0 Å². The van der Waals surface area contributed by atoms with E-state index in [1.54, 1.807) is 17.1 Å². The fourth-order valence-electron chi connectivity index (χ4n) is 2.66. The van der Waals surface area contributed by atoms with Gasteiger partial charge in [0.1, 0.15) is 5.69 Å². The van der Waals surface area contributed by atoms with E-state index in [-0.39, 0.29) is 5.91 Å². The number of carbonyl (C=O) groups is 1. The van der Waals surface area contributed by atoms with Gasteiger partial charge in [-0.3, -0.25) is 9.36 Å². The van der Waals surface area contributed by atoms with Crippen molar-refractivity contribution in [3.8, 4) is 5.69 Å². The Morgan fingerprint density at radius 3 is 2.40 bits per heavy atom. The third kappa shape index (κ3) is 4.33. The molecule has 1 amide bonds. The predicted octanol–water partition coefficient (Wildman–Crippen LogP) is 2.86. The summed E-state index contributed by atoms with van der Waals surface area (Å²) in [5.74, 6) is -0.140. The maximum Gasteiger partial charge on any atom is 0.270 e. The van der Waals surface area contributed by atoms with Gasteiger partial charge in [0.25, 0.3) is 5.91 Å². The highest BCUT2D eigenvalue weighted by atomic mass is 16.1. The summed E-state index contributed by atoms with van der Waals surface area (Å²) in [7, 11) is 4.09. The van der Waals surface area contributed by atoms with E-state index < -0.39 is 0 Å². The maximum atomic E-state index is 12.5. The van der Waals surface area contributed by atoms with Gasteiger partial charge in [-0.1, -0.05) is 42.5 Å². The topological polar surface area (TPSA) is 50.2 Å². The van der Waals surface area contributed by atoms with E-state index in [2.05, 4.69) is 27.3 Å². The molecule has 0 aliphatic carbocycles. The summed E-state index contributed by atoms with van der Waals surface area (Å²) >= 11 is 0. The van der Waals surface area contributed by atoms with Gasteiger partial charge in [-0.15, -0.1) is 0 Å². The highest BCUT2D eigenvalue weighted by molar-refractivity contribution is 5.92. The second kappa shape index (κ2) is 7.77. The van der Waals surface area contributed by atoms with Crippen molar-refractivity contribution in [3.63, 3.8) is 0 Å². The molecule has 0 radical (unpaired) electrons. The molecule has 3 rings (SSSR count). The summed E-state index contributed by atoms with van der Waals surface area (Å²) in [6.45, 7) is 1.39. The first-order valence-corrected chi connectivity index (χ1v) is 8.22. The number of para-hydroxylation sites is 1. The third-order valence-corrected chi connectivity index (χ3v) is 3.88. The molecule has 128 valence electrons. The average molecular weight is 334 g/mol. The van der Waals surface area contributed by atoms with Crippen molar-refractivity contribution in [1.29, 1.82) is 0 Å². The van der Waals surface area contributed by atoms with Crippen LogP contribution in [0.4, 0.5) is 0 Å². The van der Waals surface area contributed by atoms with Gasteiger partial charge in [-0.05, 0) is 37.4 Å². The first-order valence-electron chi connectivity index (χ1n) is 8.22. The quantitative estimate of drug-likeness (QED) is 0.754. The van der Waals surface area contributed by atoms with Gasteiger partial charge < -0.3 is 10.2 Å². The van der Waals surface area contributed by atoms with Crippen LogP contribution in [0.15, 0.2) is 67.1 Å². The lowest BCUT2D eigenvalue weighted by molar-refractivity contribution is 0.0944. The van der Waals surface area contributed by atoms with E-state index >= 15 is 0 Å². The molecule has 0 spiro atoms. The molecule has 0 unspecified atom stereocenters. The van der Waals surface area contributed by atoms with Crippen LogP contribution >= 0.6 is 0 Å². The number of imidazole rings is 1. The second-order valence-corrected chi connectivity index (χ2v) is 6.22. The fourth-order valence-corrected chi connectivity index (χ4v) is 2.66. The number of amides is 1. The molecule has 1 aromatic heterocycles. The summed E-state index contributed by atoms with van der Waals surface area (Å²) < 4.78 is 1.79. The minimum atomic E-state index is -0.140. The van der Waals surface area contributed by atoms with Crippen molar-refractivity contribution in [2.75, 3.05) is 14.1 Å².